The van der Waals surface area contributed by atoms with E-state index >= 15 is 0 Å². The zero-order valence-electron chi connectivity index (χ0n) is 11.4. The molecule has 0 amide bonds. The summed E-state index contributed by atoms with van der Waals surface area (Å²) in [6.07, 6.45) is 4.10. The molecule has 0 spiro atoms. The van der Waals surface area contributed by atoms with Gasteiger partial charge in [0.2, 0.25) is 11.8 Å². The maximum absolute atomic E-state index is 10.5. The van der Waals surface area contributed by atoms with Gasteiger partial charge in [-0.3, -0.25) is 0 Å². The number of hydrogen-bond donors (Lipinski definition) is 1. The molecule has 0 saturated carbocycles. The van der Waals surface area contributed by atoms with Gasteiger partial charge in [-0.2, -0.15) is 4.98 Å². The molecule has 0 bridgehead atoms. The molecule has 0 fully saturated rings. The molecule has 2 heterocycles. The van der Waals surface area contributed by atoms with Crippen LogP contribution in [0.15, 0.2) is 12.3 Å². The molecule has 106 valence electrons. The van der Waals surface area contributed by atoms with E-state index < -0.39 is 6.10 Å². The van der Waals surface area contributed by atoms with Gasteiger partial charge in [-0.05, 0) is 30.9 Å². The molecule has 5 nitrogen and oxygen atoms in total. The lowest BCUT2D eigenvalue weighted by Crippen LogP contribution is -2.06. The highest BCUT2D eigenvalue weighted by Gasteiger charge is 2.24. The first-order valence-corrected chi connectivity index (χ1v) is 7.29. The van der Waals surface area contributed by atoms with Crippen molar-refractivity contribution in [1.29, 1.82) is 0 Å². The summed E-state index contributed by atoms with van der Waals surface area (Å²) in [6.45, 7) is 0. The molecular weight excluding hydrogens is 276 g/mol. The standard InChI is InChI=1S/C14H16N2O3S/c1-18-11-7-15-12(14(16-11)19-2)13(17)10-6-8-4-3-5-9(8)20-10/h6-7,13,17H,3-5H2,1-2H3. The number of aryl methyl sites for hydroxylation is 2. The third-order valence-corrected chi connectivity index (χ3v) is 4.73. The molecule has 1 aliphatic rings. The van der Waals surface area contributed by atoms with E-state index in [0.717, 1.165) is 17.7 Å². The van der Waals surface area contributed by atoms with Crippen LogP contribution in [0.1, 0.15) is 33.5 Å². The number of ether oxygens (including phenoxy) is 2. The lowest BCUT2D eigenvalue weighted by Gasteiger charge is -2.12. The number of nitrogens with zero attached hydrogens (tertiary/aromatic N) is 2. The summed E-state index contributed by atoms with van der Waals surface area (Å²) in [5.74, 6) is 0.664. The highest BCUT2D eigenvalue weighted by atomic mass is 32.1. The van der Waals surface area contributed by atoms with Gasteiger partial charge in [0.15, 0.2) is 0 Å². The topological polar surface area (TPSA) is 64.5 Å². The Labute approximate surface area is 121 Å². The molecule has 1 aliphatic carbocycles. The maximum atomic E-state index is 10.5. The Bertz CT molecular complexity index is 605. The molecule has 1 unspecified atom stereocenters. The quantitative estimate of drug-likeness (QED) is 0.935. The Kier molecular flexibility index (Phi) is 3.58. The first-order chi connectivity index (χ1) is 9.72. The molecule has 0 aliphatic heterocycles. The molecule has 6 heteroatoms. The summed E-state index contributed by atoms with van der Waals surface area (Å²) in [5.41, 5.74) is 1.78. The summed E-state index contributed by atoms with van der Waals surface area (Å²) >= 11 is 1.65. The minimum atomic E-state index is -0.807. The Hall–Kier alpha value is -1.66. The van der Waals surface area contributed by atoms with E-state index in [1.54, 1.807) is 11.3 Å². The van der Waals surface area contributed by atoms with Gasteiger partial charge in [0.1, 0.15) is 11.8 Å². The van der Waals surface area contributed by atoms with E-state index in [2.05, 4.69) is 16.0 Å². The molecule has 1 atom stereocenters. The molecule has 2 aromatic rings. The van der Waals surface area contributed by atoms with Crippen LogP contribution in [-0.4, -0.2) is 29.3 Å². The van der Waals surface area contributed by atoms with Crippen molar-refractivity contribution in [3.05, 3.63) is 33.3 Å². The number of fused-ring (bicyclic) bond motifs is 1. The zero-order chi connectivity index (χ0) is 14.1. The fourth-order valence-corrected chi connectivity index (χ4v) is 3.67. The predicted octanol–water partition coefficient (Wildman–Crippen LogP) is 2.13. The summed E-state index contributed by atoms with van der Waals surface area (Å²) < 4.78 is 10.2. The summed E-state index contributed by atoms with van der Waals surface area (Å²) in [6, 6.07) is 2.07. The van der Waals surface area contributed by atoms with E-state index in [1.807, 2.05) is 0 Å². The number of aliphatic hydroxyl groups excluding tert-OH is 1. The second-order valence-corrected chi connectivity index (χ2v) is 5.83. The van der Waals surface area contributed by atoms with E-state index in [0.29, 0.717) is 17.5 Å². The van der Waals surface area contributed by atoms with Gasteiger partial charge in [-0.1, -0.05) is 0 Å². The van der Waals surface area contributed by atoms with Crippen LogP contribution < -0.4 is 9.47 Å². The lowest BCUT2D eigenvalue weighted by atomic mass is 10.1. The van der Waals surface area contributed by atoms with Crippen molar-refractivity contribution in [1.82, 2.24) is 9.97 Å². The van der Waals surface area contributed by atoms with Crippen molar-refractivity contribution in [2.45, 2.75) is 25.4 Å². The monoisotopic (exact) mass is 292 g/mol. The largest absolute Gasteiger partial charge is 0.480 e. The number of aliphatic hydroxyl groups is 1. The smallest absolute Gasteiger partial charge is 0.241 e. The van der Waals surface area contributed by atoms with Gasteiger partial charge in [-0.25, -0.2) is 4.98 Å². The molecule has 20 heavy (non-hydrogen) atoms. The van der Waals surface area contributed by atoms with Crippen LogP contribution in [-0.2, 0) is 12.8 Å². The summed E-state index contributed by atoms with van der Waals surface area (Å²) in [5, 5.41) is 10.5. The molecule has 3 rings (SSSR count). The highest BCUT2D eigenvalue weighted by Crippen LogP contribution is 2.37. The van der Waals surface area contributed by atoms with Crippen molar-refractivity contribution in [2.24, 2.45) is 0 Å². The highest BCUT2D eigenvalue weighted by molar-refractivity contribution is 7.12. The SMILES string of the molecule is COc1cnc(C(O)c2cc3c(s2)CCC3)c(OC)n1. The minimum absolute atomic E-state index is 0.297. The van der Waals surface area contributed by atoms with Crippen molar-refractivity contribution < 1.29 is 14.6 Å². The van der Waals surface area contributed by atoms with Crippen LogP contribution in [0, 0.1) is 0 Å². The lowest BCUT2D eigenvalue weighted by molar-refractivity contribution is 0.210. The average molecular weight is 292 g/mol. The number of hydrogen-bond acceptors (Lipinski definition) is 6. The van der Waals surface area contributed by atoms with Crippen LogP contribution in [0.4, 0.5) is 0 Å². The minimum Gasteiger partial charge on any atom is -0.480 e. The van der Waals surface area contributed by atoms with Crippen molar-refractivity contribution in [3.8, 4) is 11.8 Å². The Balaban J connectivity index is 1.94. The molecule has 1 N–H and O–H groups in total. The Morgan fingerprint density at radius 2 is 2.15 bits per heavy atom. The zero-order valence-corrected chi connectivity index (χ0v) is 12.2. The van der Waals surface area contributed by atoms with Crippen LogP contribution in [0.3, 0.4) is 0 Å². The average Bonchev–Trinajstić information content (AvgIpc) is 3.07. The van der Waals surface area contributed by atoms with Gasteiger partial charge in [0, 0.05) is 9.75 Å². The van der Waals surface area contributed by atoms with Crippen LogP contribution in [0.2, 0.25) is 0 Å². The van der Waals surface area contributed by atoms with E-state index in [9.17, 15) is 5.11 Å². The molecular formula is C14H16N2O3S. The Morgan fingerprint density at radius 1 is 1.30 bits per heavy atom. The molecule has 2 aromatic heterocycles. The summed E-state index contributed by atoms with van der Waals surface area (Å²) in [7, 11) is 3.03. The number of thiophene rings is 1. The normalized spacial score (nSPS) is 14.9. The maximum Gasteiger partial charge on any atom is 0.241 e. The third kappa shape index (κ3) is 2.25. The van der Waals surface area contributed by atoms with Gasteiger partial charge < -0.3 is 14.6 Å². The Morgan fingerprint density at radius 3 is 2.85 bits per heavy atom. The van der Waals surface area contributed by atoms with E-state index in [-0.39, 0.29) is 0 Å². The fourth-order valence-electron chi connectivity index (χ4n) is 2.42. The first-order valence-electron chi connectivity index (χ1n) is 6.47. The van der Waals surface area contributed by atoms with Crippen molar-refractivity contribution in [2.75, 3.05) is 14.2 Å². The van der Waals surface area contributed by atoms with E-state index in [4.69, 9.17) is 9.47 Å². The van der Waals surface area contributed by atoms with Crippen LogP contribution in [0.5, 0.6) is 11.8 Å². The van der Waals surface area contributed by atoms with E-state index in [1.165, 1.54) is 37.3 Å². The number of rotatable bonds is 4. The second-order valence-electron chi connectivity index (χ2n) is 4.66. The van der Waals surface area contributed by atoms with Crippen LogP contribution >= 0.6 is 11.3 Å². The fraction of sp³-hybridized carbons (Fsp3) is 0.429. The number of aromatic nitrogens is 2. The van der Waals surface area contributed by atoms with Crippen molar-refractivity contribution >= 4 is 11.3 Å². The summed E-state index contributed by atoms with van der Waals surface area (Å²) in [4.78, 5) is 10.7. The second kappa shape index (κ2) is 5.38. The van der Waals surface area contributed by atoms with Gasteiger partial charge in [-0.15, -0.1) is 11.3 Å². The van der Waals surface area contributed by atoms with Crippen LogP contribution in [0.25, 0.3) is 0 Å². The van der Waals surface area contributed by atoms with Gasteiger partial charge >= 0.3 is 0 Å². The van der Waals surface area contributed by atoms with Gasteiger partial charge in [0.05, 0.1) is 20.4 Å². The third-order valence-electron chi connectivity index (χ3n) is 3.44. The molecule has 0 saturated heterocycles. The van der Waals surface area contributed by atoms with Crippen molar-refractivity contribution in [3.63, 3.8) is 0 Å². The first kappa shape index (κ1) is 13.3. The number of methoxy groups -OCH3 is 2. The van der Waals surface area contributed by atoms with Gasteiger partial charge in [0.25, 0.3) is 0 Å². The molecule has 0 radical (unpaired) electrons. The predicted molar refractivity (Wildman–Crippen MR) is 75.5 cm³/mol. The molecule has 0 aromatic carbocycles.